The number of hydrogen-bond acceptors (Lipinski definition) is 5. The van der Waals surface area contributed by atoms with Crippen LogP contribution in [0.5, 0.6) is 0 Å². The number of carbonyl (C=O) groups is 1. The van der Waals surface area contributed by atoms with Gasteiger partial charge >= 0.3 is 0 Å². The summed E-state index contributed by atoms with van der Waals surface area (Å²) in [7, 11) is 1.68. The minimum Gasteiger partial charge on any atom is -0.344 e. The third-order valence-electron chi connectivity index (χ3n) is 3.61. The fraction of sp³-hybridized carbons (Fsp3) is 0.100. The van der Waals surface area contributed by atoms with Crippen molar-refractivity contribution in [3.05, 3.63) is 77.0 Å². The second kappa shape index (κ2) is 8.68. The maximum absolute atomic E-state index is 12.8. The number of amides is 1. The summed E-state index contributed by atoms with van der Waals surface area (Å²) >= 11 is 0. The molecule has 26 heavy (non-hydrogen) atoms. The first kappa shape index (κ1) is 18.3. The molecule has 0 saturated carbocycles. The topological polar surface area (TPSA) is 104 Å². The molecule has 0 aliphatic heterocycles. The van der Waals surface area contributed by atoms with Crippen molar-refractivity contribution < 1.29 is 4.79 Å². The minimum atomic E-state index is -0.340. The Hall–Kier alpha value is -4.08. The Morgan fingerprint density at radius 1 is 0.962 bits per heavy atom. The van der Waals surface area contributed by atoms with Crippen LogP contribution in [-0.4, -0.2) is 17.9 Å². The molecule has 0 spiro atoms. The third kappa shape index (κ3) is 4.26. The van der Waals surface area contributed by atoms with E-state index < -0.39 is 0 Å². The van der Waals surface area contributed by atoms with E-state index in [0.717, 1.165) is 5.56 Å². The standard InChI is InChI=1S/C20H15N5O/c1-25(14-15-7-3-2-4-8-15)20(26)17-9-5-6-10-18(17)24-19(13-23)16(11-21)12-22/h2-10,24H,14H2,1H3. The van der Waals surface area contributed by atoms with Crippen LogP contribution in [0.3, 0.4) is 0 Å². The van der Waals surface area contributed by atoms with E-state index in [1.54, 1.807) is 54.4 Å². The second-order valence-corrected chi connectivity index (χ2v) is 5.40. The van der Waals surface area contributed by atoms with Crippen LogP contribution in [-0.2, 0) is 6.54 Å². The number of benzene rings is 2. The highest BCUT2D eigenvalue weighted by atomic mass is 16.2. The summed E-state index contributed by atoms with van der Waals surface area (Å²) in [5.41, 5.74) is 1.15. The molecule has 1 N–H and O–H groups in total. The number of allylic oxidation sites excluding steroid dienone is 2. The van der Waals surface area contributed by atoms with Crippen LogP contribution >= 0.6 is 0 Å². The highest BCUT2D eigenvalue weighted by Crippen LogP contribution is 2.20. The summed E-state index contributed by atoms with van der Waals surface area (Å²) in [6, 6.07) is 21.3. The molecule has 1 amide bonds. The molecule has 0 unspecified atom stereocenters. The quantitative estimate of drug-likeness (QED) is 0.841. The zero-order valence-electron chi connectivity index (χ0n) is 14.1. The molecule has 2 aromatic carbocycles. The fourth-order valence-electron chi connectivity index (χ4n) is 2.33. The molecule has 126 valence electrons. The lowest BCUT2D eigenvalue weighted by atomic mass is 10.1. The smallest absolute Gasteiger partial charge is 0.256 e. The number of para-hydroxylation sites is 1. The molecule has 2 aromatic rings. The molecule has 0 aliphatic carbocycles. The highest BCUT2D eigenvalue weighted by Gasteiger charge is 2.17. The Balaban J connectivity index is 2.30. The predicted octanol–water partition coefficient (Wildman–Crippen LogP) is 3.20. The van der Waals surface area contributed by atoms with Crippen molar-refractivity contribution in [2.45, 2.75) is 6.54 Å². The van der Waals surface area contributed by atoms with E-state index in [0.29, 0.717) is 17.8 Å². The van der Waals surface area contributed by atoms with Gasteiger partial charge in [0.2, 0.25) is 0 Å². The molecule has 0 aromatic heterocycles. The van der Waals surface area contributed by atoms with Crippen molar-refractivity contribution in [2.75, 3.05) is 12.4 Å². The predicted molar refractivity (Wildman–Crippen MR) is 96.2 cm³/mol. The Kier molecular flexibility index (Phi) is 6.10. The van der Waals surface area contributed by atoms with Crippen LogP contribution < -0.4 is 5.32 Å². The number of nitrogens with one attached hydrogen (secondary N) is 1. The first-order valence-electron chi connectivity index (χ1n) is 7.70. The van der Waals surface area contributed by atoms with Gasteiger partial charge in [-0.25, -0.2) is 0 Å². The van der Waals surface area contributed by atoms with Gasteiger partial charge in [-0.05, 0) is 17.7 Å². The average Bonchev–Trinajstić information content (AvgIpc) is 2.68. The van der Waals surface area contributed by atoms with Gasteiger partial charge in [-0.3, -0.25) is 4.79 Å². The number of carbonyl (C=O) groups excluding carboxylic acids is 1. The minimum absolute atomic E-state index is 0.194. The van der Waals surface area contributed by atoms with Gasteiger partial charge in [-0.2, -0.15) is 15.8 Å². The number of nitriles is 3. The first-order chi connectivity index (χ1) is 12.6. The molecule has 0 radical (unpaired) electrons. The van der Waals surface area contributed by atoms with E-state index in [1.807, 2.05) is 30.3 Å². The van der Waals surface area contributed by atoms with Crippen LogP contribution in [0.2, 0.25) is 0 Å². The van der Waals surface area contributed by atoms with E-state index in [4.69, 9.17) is 10.5 Å². The van der Waals surface area contributed by atoms with E-state index in [2.05, 4.69) is 5.32 Å². The maximum Gasteiger partial charge on any atom is 0.256 e. The largest absolute Gasteiger partial charge is 0.344 e. The van der Waals surface area contributed by atoms with E-state index >= 15 is 0 Å². The third-order valence-corrected chi connectivity index (χ3v) is 3.61. The zero-order valence-corrected chi connectivity index (χ0v) is 14.1. The van der Waals surface area contributed by atoms with Gasteiger partial charge in [0, 0.05) is 13.6 Å². The maximum atomic E-state index is 12.8. The van der Waals surface area contributed by atoms with Gasteiger partial charge < -0.3 is 10.2 Å². The molecule has 0 atom stereocenters. The number of nitrogens with zero attached hydrogens (tertiary/aromatic N) is 4. The first-order valence-corrected chi connectivity index (χ1v) is 7.70. The Morgan fingerprint density at radius 3 is 2.19 bits per heavy atom. The van der Waals surface area contributed by atoms with Crippen LogP contribution in [0, 0.1) is 34.0 Å². The van der Waals surface area contributed by atoms with Crippen molar-refractivity contribution >= 4 is 11.6 Å². The van der Waals surface area contributed by atoms with Crippen molar-refractivity contribution in [1.29, 1.82) is 15.8 Å². The summed E-state index contributed by atoms with van der Waals surface area (Å²) in [4.78, 5) is 14.4. The Morgan fingerprint density at radius 2 is 1.58 bits per heavy atom. The molecular weight excluding hydrogens is 326 g/mol. The SMILES string of the molecule is CN(Cc1ccccc1)C(=O)c1ccccc1NC(C#N)=C(C#N)C#N. The molecule has 6 nitrogen and oxygen atoms in total. The summed E-state index contributed by atoms with van der Waals surface area (Å²) in [5.74, 6) is -0.246. The molecule has 0 fully saturated rings. The van der Waals surface area contributed by atoms with Crippen molar-refractivity contribution in [3.8, 4) is 18.2 Å². The molecule has 0 bridgehead atoms. The van der Waals surface area contributed by atoms with Crippen LogP contribution in [0.4, 0.5) is 5.69 Å². The summed E-state index contributed by atoms with van der Waals surface area (Å²) in [6.07, 6.45) is 0. The van der Waals surface area contributed by atoms with Crippen molar-refractivity contribution in [1.82, 2.24) is 4.90 Å². The van der Waals surface area contributed by atoms with Crippen LogP contribution in [0.15, 0.2) is 65.9 Å². The second-order valence-electron chi connectivity index (χ2n) is 5.40. The lowest BCUT2D eigenvalue weighted by Crippen LogP contribution is -2.27. The number of hydrogen-bond donors (Lipinski definition) is 1. The van der Waals surface area contributed by atoms with Gasteiger partial charge in [0.25, 0.3) is 5.91 Å². The number of rotatable bonds is 5. The lowest BCUT2D eigenvalue weighted by Gasteiger charge is -2.19. The van der Waals surface area contributed by atoms with Gasteiger partial charge in [0.15, 0.2) is 5.57 Å². The van der Waals surface area contributed by atoms with Gasteiger partial charge in [0.05, 0.1) is 11.3 Å². The normalized spacial score (nSPS) is 9.15. The monoisotopic (exact) mass is 341 g/mol. The lowest BCUT2D eigenvalue weighted by molar-refractivity contribution is 0.0786. The molecule has 0 heterocycles. The Bertz CT molecular complexity index is 942. The van der Waals surface area contributed by atoms with E-state index in [-0.39, 0.29) is 17.2 Å². The summed E-state index contributed by atoms with van der Waals surface area (Å²) in [6.45, 7) is 0.427. The highest BCUT2D eigenvalue weighted by molar-refractivity contribution is 5.99. The molecule has 2 rings (SSSR count). The van der Waals surface area contributed by atoms with Crippen molar-refractivity contribution in [3.63, 3.8) is 0 Å². The van der Waals surface area contributed by atoms with Gasteiger partial charge in [-0.15, -0.1) is 0 Å². The van der Waals surface area contributed by atoms with E-state index in [1.165, 1.54) is 0 Å². The van der Waals surface area contributed by atoms with E-state index in [9.17, 15) is 10.1 Å². The van der Waals surface area contributed by atoms with Gasteiger partial charge in [-0.1, -0.05) is 42.5 Å². The molecule has 0 saturated heterocycles. The van der Waals surface area contributed by atoms with Gasteiger partial charge in [0.1, 0.15) is 23.9 Å². The summed E-state index contributed by atoms with van der Waals surface area (Å²) < 4.78 is 0. The molecule has 0 aliphatic rings. The average molecular weight is 341 g/mol. The summed E-state index contributed by atoms with van der Waals surface area (Å²) in [5, 5.41) is 29.8. The molecule has 6 heteroatoms. The Labute approximate surface area is 151 Å². The number of anilines is 1. The van der Waals surface area contributed by atoms with Crippen LogP contribution in [0.25, 0.3) is 0 Å². The molecular formula is C20H15N5O. The van der Waals surface area contributed by atoms with Crippen molar-refractivity contribution in [2.24, 2.45) is 0 Å². The van der Waals surface area contributed by atoms with Crippen LogP contribution in [0.1, 0.15) is 15.9 Å². The zero-order chi connectivity index (χ0) is 18.9. The fourth-order valence-corrected chi connectivity index (χ4v) is 2.33.